The second kappa shape index (κ2) is 12.1. The van der Waals surface area contributed by atoms with Crippen molar-refractivity contribution in [3.05, 3.63) is 91.8 Å². The number of anilines is 2. The van der Waals surface area contributed by atoms with E-state index in [1.54, 1.807) is 0 Å². The molecule has 0 aliphatic rings. The fourth-order valence-electron chi connectivity index (χ4n) is 3.94. The van der Waals surface area contributed by atoms with Crippen molar-refractivity contribution in [3.63, 3.8) is 0 Å². The standard InChI is InChI=1S/C26H12F15IN2O2/c1-44(21(46)10-5-6-14(27)15(28)7-10)17-4-2-3-12(18(17)29)20(45)43-19-13(23(31,32)33)8-11(9-16(19)42)22(30,25(36,37)38)24(34,35)26(39,40)41/h2-9H,1H3,(H,43,45). The molecule has 3 aromatic carbocycles. The van der Waals surface area contributed by atoms with Crippen molar-refractivity contribution in [2.45, 2.75) is 30.1 Å². The van der Waals surface area contributed by atoms with Crippen molar-refractivity contribution in [2.75, 3.05) is 17.3 Å². The molecule has 1 unspecified atom stereocenters. The van der Waals surface area contributed by atoms with Gasteiger partial charge in [0.1, 0.15) is 0 Å². The summed E-state index contributed by atoms with van der Waals surface area (Å²) in [6.07, 6.45) is -20.3. The smallest absolute Gasteiger partial charge is 0.320 e. The zero-order chi connectivity index (χ0) is 35.4. The van der Waals surface area contributed by atoms with Gasteiger partial charge in [-0.1, -0.05) is 6.07 Å². The number of nitrogens with zero attached hydrogens (tertiary/aromatic N) is 1. The van der Waals surface area contributed by atoms with Crippen molar-refractivity contribution in [1.82, 2.24) is 0 Å². The lowest BCUT2D eigenvalue weighted by Gasteiger charge is -2.36. The van der Waals surface area contributed by atoms with Crippen LogP contribution >= 0.6 is 22.6 Å². The third kappa shape index (κ3) is 6.43. The molecule has 0 heterocycles. The van der Waals surface area contributed by atoms with Gasteiger partial charge in [-0.2, -0.15) is 48.3 Å². The number of amides is 2. The molecule has 20 heteroatoms. The highest BCUT2D eigenvalue weighted by molar-refractivity contribution is 14.1. The van der Waals surface area contributed by atoms with Gasteiger partial charge in [0, 0.05) is 21.7 Å². The lowest BCUT2D eigenvalue weighted by Crippen LogP contribution is -2.59. The van der Waals surface area contributed by atoms with Crippen LogP contribution in [0.4, 0.5) is 77.2 Å². The minimum Gasteiger partial charge on any atom is -0.320 e. The highest BCUT2D eigenvalue weighted by Crippen LogP contribution is 2.59. The Morgan fingerprint density at radius 3 is 1.85 bits per heavy atom. The van der Waals surface area contributed by atoms with E-state index in [1.165, 1.54) is 5.32 Å². The molecule has 3 rings (SSSR count). The van der Waals surface area contributed by atoms with Crippen molar-refractivity contribution in [1.29, 1.82) is 0 Å². The zero-order valence-electron chi connectivity index (χ0n) is 21.9. The summed E-state index contributed by atoms with van der Waals surface area (Å²) >= 11 is 0.689. The van der Waals surface area contributed by atoms with Crippen molar-refractivity contribution < 1.29 is 75.4 Å². The number of rotatable bonds is 6. The van der Waals surface area contributed by atoms with Gasteiger partial charge in [-0.05, 0) is 65.1 Å². The largest absolute Gasteiger partial charge is 0.457 e. The van der Waals surface area contributed by atoms with Crippen LogP contribution in [0.15, 0.2) is 48.5 Å². The first kappa shape index (κ1) is 36.7. The summed E-state index contributed by atoms with van der Waals surface area (Å²) in [5.41, 5.74) is -16.1. The predicted octanol–water partition coefficient (Wildman–Crippen LogP) is 9.18. The van der Waals surface area contributed by atoms with E-state index >= 15 is 4.39 Å². The Bertz CT molecular complexity index is 1690. The van der Waals surface area contributed by atoms with E-state index in [9.17, 15) is 71.1 Å². The summed E-state index contributed by atoms with van der Waals surface area (Å²) in [6, 6.07) is 2.76. The number of carbonyl (C=O) groups excluding carboxylic acids is 2. The molecule has 2 amide bonds. The Morgan fingerprint density at radius 2 is 1.35 bits per heavy atom. The summed E-state index contributed by atoms with van der Waals surface area (Å²) in [5, 5.41) is 1.46. The normalized spacial score (nSPS) is 14.1. The Hall–Kier alpha value is -3.72. The van der Waals surface area contributed by atoms with E-state index < -0.39 is 109 Å². The van der Waals surface area contributed by atoms with Crippen LogP contribution in [-0.2, 0) is 11.8 Å². The number of benzene rings is 3. The molecule has 0 saturated heterocycles. The maximum atomic E-state index is 15.3. The molecule has 0 aliphatic carbocycles. The summed E-state index contributed by atoms with van der Waals surface area (Å²) in [4.78, 5) is 26.0. The predicted molar refractivity (Wildman–Crippen MR) is 137 cm³/mol. The second-order valence-electron chi connectivity index (χ2n) is 9.19. The van der Waals surface area contributed by atoms with Gasteiger partial charge < -0.3 is 10.2 Å². The van der Waals surface area contributed by atoms with Crippen LogP contribution in [-0.4, -0.2) is 37.1 Å². The van der Waals surface area contributed by atoms with Gasteiger partial charge in [0.05, 0.1) is 22.5 Å². The van der Waals surface area contributed by atoms with Crippen LogP contribution in [0.25, 0.3) is 0 Å². The third-order valence-corrected chi connectivity index (χ3v) is 7.12. The van der Waals surface area contributed by atoms with Crippen molar-refractivity contribution in [3.8, 4) is 0 Å². The highest BCUT2D eigenvalue weighted by Gasteiger charge is 2.82. The van der Waals surface area contributed by atoms with Gasteiger partial charge in [-0.3, -0.25) is 9.59 Å². The average molecular weight is 796 g/mol. The molecular weight excluding hydrogens is 784 g/mol. The molecule has 3 aromatic rings. The van der Waals surface area contributed by atoms with E-state index in [2.05, 4.69) is 0 Å². The Kier molecular flexibility index (Phi) is 9.70. The number of hydrogen-bond donors (Lipinski definition) is 1. The first-order valence-electron chi connectivity index (χ1n) is 11.7. The van der Waals surface area contributed by atoms with Gasteiger partial charge in [-0.25, -0.2) is 17.6 Å². The van der Waals surface area contributed by atoms with Crippen LogP contribution in [0.1, 0.15) is 31.8 Å². The van der Waals surface area contributed by atoms with Crippen LogP contribution in [0.3, 0.4) is 0 Å². The lowest BCUT2D eigenvalue weighted by molar-refractivity contribution is -0.389. The fourth-order valence-corrected chi connectivity index (χ4v) is 4.70. The SMILES string of the molecule is CN(C(=O)c1ccc(F)c(F)c1)c1cccc(C(=O)Nc2c(I)cc(C(F)(C(F)(F)F)C(F)(F)C(F)(F)F)cc2C(F)(F)F)c1F. The number of hydrogen-bond acceptors (Lipinski definition) is 2. The number of halogens is 16. The maximum absolute atomic E-state index is 15.3. The van der Waals surface area contributed by atoms with E-state index in [4.69, 9.17) is 0 Å². The van der Waals surface area contributed by atoms with Crippen LogP contribution in [0.5, 0.6) is 0 Å². The Balaban J connectivity index is 2.12. The maximum Gasteiger partial charge on any atom is 0.457 e. The molecule has 4 nitrogen and oxygen atoms in total. The minimum atomic E-state index is -7.30. The molecule has 0 fully saturated rings. The Labute approximate surface area is 260 Å². The molecular formula is C26H12F15IN2O2. The fraction of sp³-hybridized carbons (Fsp3) is 0.231. The van der Waals surface area contributed by atoms with Crippen molar-refractivity contribution >= 4 is 45.8 Å². The summed E-state index contributed by atoms with van der Waals surface area (Å²) in [7, 11) is 0.897. The Morgan fingerprint density at radius 1 is 0.761 bits per heavy atom. The van der Waals surface area contributed by atoms with Crippen molar-refractivity contribution in [2.24, 2.45) is 0 Å². The topological polar surface area (TPSA) is 49.4 Å². The molecule has 0 spiro atoms. The molecule has 1 atom stereocenters. The quantitative estimate of drug-likeness (QED) is 0.200. The molecule has 0 saturated carbocycles. The molecule has 250 valence electrons. The molecule has 0 aliphatic heterocycles. The number of nitrogens with one attached hydrogen (secondary N) is 1. The van der Waals surface area contributed by atoms with E-state index in [1.807, 2.05) is 0 Å². The van der Waals surface area contributed by atoms with Gasteiger partial charge in [0.25, 0.3) is 11.8 Å². The van der Waals surface area contributed by atoms with Crippen LogP contribution in [0, 0.1) is 21.0 Å². The molecule has 1 N–H and O–H groups in total. The molecule has 0 aromatic heterocycles. The van der Waals surface area contributed by atoms with Crippen LogP contribution < -0.4 is 10.2 Å². The number of carbonyl (C=O) groups is 2. The average Bonchev–Trinajstić information content (AvgIpc) is 2.92. The van der Waals surface area contributed by atoms with Gasteiger partial charge in [-0.15, -0.1) is 0 Å². The summed E-state index contributed by atoms with van der Waals surface area (Å²) in [5.74, 6) is -14.7. The third-order valence-electron chi connectivity index (χ3n) is 6.27. The molecule has 46 heavy (non-hydrogen) atoms. The zero-order valence-corrected chi connectivity index (χ0v) is 24.1. The van der Waals surface area contributed by atoms with E-state index in [-0.39, 0.29) is 0 Å². The van der Waals surface area contributed by atoms with Gasteiger partial charge >= 0.3 is 30.1 Å². The first-order chi connectivity index (χ1) is 20.8. The lowest BCUT2D eigenvalue weighted by atomic mass is 9.86. The van der Waals surface area contributed by atoms with Crippen LogP contribution in [0.2, 0.25) is 0 Å². The first-order valence-corrected chi connectivity index (χ1v) is 12.8. The monoisotopic (exact) mass is 796 g/mol. The molecule has 0 bridgehead atoms. The van der Waals surface area contributed by atoms with Gasteiger partial charge in [0.2, 0.25) is 0 Å². The highest BCUT2D eigenvalue weighted by atomic mass is 127. The number of alkyl halides is 12. The minimum absolute atomic E-state index is 0.445. The second-order valence-corrected chi connectivity index (χ2v) is 10.4. The van der Waals surface area contributed by atoms with E-state index in [0.717, 1.165) is 25.2 Å². The molecule has 0 radical (unpaired) electrons. The summed E-state index contributed by atoms with van der Waals surface area (Å²) in [6.45, 7) is 0. The summed E-state index contributed by atoms with van der Waals surface area (Å²) < 4.78 is 204. The van der Waals surface area contributed by atoms with E-state index in [0.29, 0.717) is 45.7 Å². The van der Waals surface area contributed by atoms with Gasteiger partial charge in [0.15, 0.2) is 17.5 Å².